The Labute approximate surface area is 103 Å². The molecule has 0 bridgehead atoms. The first-order valence-corrected chi connectivity index (χ1v) is 6.10. The number of halogens is 1. The molecule has 0 atom stereocenters. The highest BCUT2D eigenvalue weighted by Gasteiger charge is 2.04. The highest BCUT2D eigenvalue weighted by Crippen LogP contribution is 2.22. The average molecular weight is 280 g/mol. The topological polar surface area (TPSA) is 37.8 Å². The Kier molecular flexibility index (Phi) is 3.39. The van der Waals surface area contributed by atoms with Gasteiger partial charge in [-0.15, -0.1) is 0 Å². The van der Waals surface area contributed by atoms with Gasteiger partial charge in [0.05, 0.1) is 11.2 Å². The molecule has 84 valence electrons. The zero-order chi connectivity index (χ0) is 11.5. The van der Waals surface area contributed by atoms with Crippen LogP contribution in [0.2, 0.25) is 0 Å². The zero-order valence-electron chi connectivity index (χ0n) is 9.37. The summed E-state index contributed by atoms with van der Waals surface area (Å²) in [5.41, 5.74) is 2.88. The van der Waals surface area contributed by atoms with E-state index >= 15 is 0 Å². The molecule has 0 aliphatic rings. The Morgan fingerprint density at radius 3 is 2.94 bits per heavy atom. The zero-order valence-corrected chi connectivity index (χ0v) is 11.0. The van der Waals surface area contributed by atoms with E-state index in [1.165, 1.54) is 0 Å². The minimum Gasteiger partial charge on any atom is -0.383 e. The van der Waals surface area contributed by atoms with E-state index in [0.29, 0.717) is 5.92 Å². The third kappa shape index (κ3) is 2.50. The summed E-state index contributed by atoms with van der Waals surface area (Å²) < 4.78 is 0.952. The first-order chi connectivity index (χ1) is 7.66. The number of nitrogens with one attached hydrogen (secondary N) is 1. The number of anilines is 1. The molecule has 2 rings (SSSR count). The van der Waals surface area contributed by atoms with Crippen LogP contribution < -0.4 is 5.32 Å². The molecular formula is C12H14BrN3. The molecule has 16 heavy (non-hydrogen) atoms. The highest BCUT2D eigenvalue weighted by molar-refractivity contribution is 9.10. The number of rotatable bonds is 3. The van der Waals surface area contributed by atoms with Crippen LogP contribution in [0, 0.1) is 5.92 Å². The summed E-state index contributed by atoms with van der Waals surface area (Å²) in [5, 5.41) is 3.39. The second kappa shape index (κ2) is 4.78. The molecule has 0 saturated carbocycles. The summed E-state index contributed by atoms with van der Waals surface area (Å²) in [6.45, 7) is 5.30. The van der Waals surface area contributed by atoms with Gasteiger partial charge in [-0.25, -0.2) is 0 Å². The van der Waals surface area contributed by atoms with Crippen molar-refractivity contribution in [2.75, 3.05) is 11.9 Å². The lowest BCUT2D eigenvalue weighted by Gasteiger charge is -2.10. The van der Waals surface area contributed by atoms with E-state index in [1.807, 2.05) is 12.1 Å². The van der Waals surface area contributed by atoms with E-state index in [-0.39, 0.29) is 0 Å². The molecule has 0 fully saturated rings. The van der Waals surface area contributed by atoms with Crippen LogP contribution in [0.5, 0.6) is 0 Å². The number of nitrogens with zero attached hydrogens (tertiary/aromatic N) is 2. The number of fused-ring (bicyclic) bond motifs is 1. The monoisotopic (exact) mass is 279 g/mol. The fourth-order valence-corrected chi connectivity index (χ4v) is 1.78. The minimum absolute atomic E-state index is 0.610. The molecule has 0 unspecified atom stereocenters. The van der Waals surface area contributed by atoms with Gasteiger partial charge in [0.15, 0.2) is 0 Å². The first-order valence-electron chi connectivity index (χ1n) is 5.31. The van der Waals surface area contributed by atoms with Crippen molar-refractivity contribution in [2.24, 2.45) is 5.92 Å². The molecule has 0 aliphatic carbocycles. The molecule has 0 radical (unpaired) electrons. The van der Waals surface area contributed by atoms with Crippen molar-refractivity contribution >= 4 is 32.7 Å². The Morgan fingerprint density at radius 2 is 2.19 bits per heavy atom. The number of hydrogen-bond donors (Lipinski definition) is 1. The quantitative estimate of drug-likeness (QED) is 0.935. The second-order valence-corrected chi connectivity index (χ2v) is 5.07. The van der Waals surface area contributed by atoms with Gasteiger partial charge < -0.3 is 5.32 Å². The molecule has 1 N–H and O–H groups in total. The third-order valence-electron chi connectivity index (χ3n) is 2.24. The molecule has 4 heteroatoms. The molecular weight excluding hydrogens is 266 g/mol. The van der Waals surface area contributed by atoms with Crippen LogP contribution in [-0.4, -0.2) is 16.5 Å². The second-order valence-electron chi connectivity index (χ2n) is 4.15. The fourth-order valence-electron chi connectivity index (χ4n) is 1.46. The molecule has 2 aromatic heterocycles. The van der Waals surface area contributed by atoms with E-state index in [9.17, 15) is 0 Å². The van der Waals surface area contributed by atoms with Gasteiger partial charge >= 0.3 is 0 Å². The van der Waals surface area contributed by atoms with Crippen LogP contribution >= 0.6 is 15.9 Å². The molecule has 3 nitrogen and oxygen atoms in total. The maximum Gasteiger partial charge on any atom is 0.112 e. The standard InChI is InChI=1S/C12H14BrN3/c1-8(2)6-15-10-3-4-14-11-5-9(13)7-16-12(10)11/h3-5,7-8H,6H2,1-2H3,(H,14,15). The summed E-state index contributed by atoms with van der Waals surface area (Å²) in [4.78, 5) is 8.68. The molecule has 0 aromatic carbocycles. The lowest BCUT2D eigenvalue weighted by Crippen LogP contribution is -2.08. The van der Waals surface area contributed by atoms with Crippen molar-refractivity contribution in [1.82, 2.24) is 9.97 Å². The van der Waals surface area contributed by atoms with Crippen molar-refractivity contribution < 1.29 is 0 Å². The van der Waals surface area contributed by atoms with E-state index in [0.717, 1.165) is 27.7 Å². The molecule has 0 amide bonds. The molecule has 2 heterocycles. The van der Waals surface area contributed by atoms with Crippen LogP contribution in [0.4, 0.5) is 5.69 Å². The summed E-state index contributed by atoms with van der Waals surface area (Å²) >= 11 is 3.40. The number of aromatic nitrogens is 2. The van der Waals surface area contributed by atoms with Gasteiger partial charge in [0.25, 0.3) is 0 Å². The van der Waals surface area contributed by atoms with Gasteiger partial charge in [-0.3, -0.25) is 9.97 Å². The predicted molar refractivity (Wildman–Crippen MR) is 70.6 cm³/mol. The number of pyridine rings is 2. The maximum atomic E-state index is 4.39. The van der Waals surface area contributed by atoms with E-state index < -0.39 is 0 Å². The number of hydrogen-bond acceptors (Lipinski definition) is 3. The summed E-state index contributed by atoms with van der Waals surface area (Å²) in [7, 11) is 0. The summed E-state index contributed by atoms with van der Waals surface area (Å²) in [6, 6.07) is 3.94. The Balaban J connectivity index is 2.38. The largest absolute Gasteiger partial charge is 0.383 e. The van der Waals surface area contributed by atoms with Crippen LogP contribution in [0.1, 0.15) is 13.8 Å². The van der Waals surface area contributed by atoms with Crippen LogP contribution in [0.3, 0.4) is 0 Å². The first kappa shape index (κ1) is 11.3. The van der Waals surface area contributed by atoms with Crippen molar-refractivity contribution in [3.05, 3.63) is 29.0 Å². The Hall–Kier alpha value is -1.16. The van der Waals surface area contributed by atoms with Gasteiger partial charge in [0.1, 0.15) is 5.52 Å². The van der Waals surface area contributed by atoms with E-state index in [4.69, 9.17) is 0 Å². The lowest BCUT2D eigenvalue weighted by molar-refractivity contribution is 0.689. The fraction of sp³-hybridized carbons (Fsp3) is 0.333. The van der Waals surface area contributed by atoms with Gasteiger partial charge in [0.2, 0.25) is 0 Å². The lowest BCUT2D eigenvalue weighted by atomic mass is 10.2. The van der Waals surface area contributed by atoms with Crippen molar-refractivity contribution in [2.45, 2.75) is 13.8 Å². The molecule has 2 aromatic rings. The van der Waals surface area contributed by atoms with Gasteiger partial charge in [0, 0.05) is 23.4 Å². The normalized spacial score (nSPS) is 11.0. The van der Waals surface area contributed by atoms with Crippen LogP contribution in [0.25, 0.3) is 11.0 Å². The smallest absolute Gasteiger partial charge is 0.112 e. The van der Waals surface area contributed by atoms with E-state index in [1.54, 1.807) is 12.4 Å². The summed E-state index contributed by atoms with van der Waals surface area (Å²) in [5.74, 6) is 0.610. The van der Waals surface area contributed by atoms with Crippen LogP contribution in [0.15, 0.2) is 29.0 Å². The predicted octanol–water partition coefficient (Wildman–Crippen LogP) is 3.46. The average Bonchev–Trinajstić information content (AvgIpc) is 2.25. The third-order valence-corrected chi connectivity index (χ3v) is 2.68. The summed E-state index contributed by atoms with van der Waals surface area (Å²) in [6.07, 6.45) is 3.60. The molecule has 0 spiro atoms. The van der Waals surface area contributed by atoms with Gasteiger partial charge in [-0.05, 0) is 34.0 Å². The van der Waals surface area contributed by atoms with Crippen molar-refractivity contribution in [3.63, 3.8) is 0 Å². The van der Waals surface area contributed by atoms with Gasteiger partial charge in [-0.2, -0.15) is 0 Å². The molecule has 0 saturated heterocycles. The SMILES string of the molecule is CC(C)CNc1ccnc2cc(Br)cnc12. The maximum absolute atomic E-state index is 4.39. The highest BCUT2D eigenvalue weighted by atomic mass is 79.9. The Bertz CT molecular complexity index is 497. The van der Waals surface area contributed by atoms with Crippen LogP contribution in [-0.2, 0) is 0 Å². The Morgan fingerprint density at radius 1 is 1.38 bits per heavy atom. The molecule has 0 aliphatic heterocycles. The van der Waals surface area contributed by atoms with Crippen molar-refractivity contribution in [1.29, 1.82) is 0 Å². The minimum atomic E-state index is 0.610. The van der Waals surface area contributed by atoms with E-state index in [2.05, 4.69) is 45.1 Å². The van der Waals surface area contributed by atoms with Gasteiger partial charge in [-0.1, -0.05) is 13.8 Å². The van der Waals surface area contributed by atoms with Crippen molar-refractivity contribution in [3.8, 4) is 0 Å².